The minimum atomic E-state index is 0.153. The fraction of sp³-hybridized carbons (Fsp3) is 0.750. The minimum absolute atomic E-state index is 0.153. The SMILES string of the molecule is CC1CCCN(Cc2cc(CNC(C)(C)C)co2)C1. The standard InChI is InChI=1S/C16H28N2O/c1-13-6-5-7-18(10-13)11-15-8-14(12-19-15)9-17-16(2,3)4/h8,12-13,17H,5-7,9-11H2,1-4H3. The van der Waals surface area contributed by atoms with E-state index in [0.717, 1.165) is 24.8 Å². The Bertz CT molecular complexity index is 392. The molecule has 0 spiro atoms. The molecule has 2 heterocycles. The summed E-state index contributed by atoms with van der Waals surface area (Å²) in [6.45, 7) is 13.1. The topological polar surface area (TPSA) is 28.4 Å². The van der Waals surface area contributed by atoms with Gasteiger partial charge in [0, 0.05) is 24.2 Å². The van der Waals surface area contributed by atoms with Crippen molar-refractivity contribution in [3.05, 3.63) is 23.7 Å². The molecule has 1 atom stereocenters. The Morgan fingerprint density at radius 2 is 2.21 bits per heavy atom. The van der Waals surface area contributed by atoms with Crippen molar-refractivity contribution in [1.82, 2.24) is 10.2 Å². The van der Waals surface area contributed by atoms with Crippen molar-refractivity contribution in [2.45, 2.75) is 59.2 Å². The van der Waals surface area contributed by atoms with Crippen LogP contribution in [0.2, 0.25) is 0 Å². The number of nitrogens with one attached hydrogen (secondary N) is 1. The number of hydrogen-bond acceptors (Lipinski definition) is 3. The number of nitrogens with zero attached hydrogens (tertiary/aromatic N) is 1. The van der Waals surface area contributed by atoms with Gasteiger partial charge in [0.2, 0.25) is 0 Å². The molecule has 3 heteroatoms. The lowest BCUT2D eigenvalue weighted by atomic mass is 10.0. The van der Waals surface area contributed by atoms with Crippen LogP contribution in [0.4, 0.5) is 0 Å². The predicted molar refractivity (Wildman–Crippen MR) is 79.0 cm³/mol. The molecule has 1 unspecified atom stereocenters. The van der Waals surface area contributed by atoms with E-state index in [9.17, 15) is 0 Å². The van der Waals surface area contributed by atoms with Crippen LogP contribution in [0.25, 0.3) is 0 Å². The van der Waals surface area contributed by atoms with Crippen molar-refractivity contribution in [2.75, 3.05) is 13.1 Å². The molecule has 3 nitrogen and oxygen atoms in total. The minimum Gasteiger partial charge on any atom is -0.468 e. The first kappa shape index (κ1) is 14.6. The van der Waals surface area contributed by atoms with E-state index in [4.69, 9.17) is 4.42 Å². The van der Waals surface area contributed by atoms with Gasteiger partial charge >= 0.3 is 0 Å². The molecule has 0 saturated carbocycles. The van der Waals surface area contributed by atoms with Crippen LogP contribution < -0.4 is 5.32 Å². The average molecular weight is 264 g/mol. The fourth-order valence-corrected chi connectivity index (χ4v) is 2.62. The molecule has 0 amide bonds. The number of likely N-dealkylation sites (tertiary alicyclic amines) is 1. The van der Waals surface area contributed by atoms with Gasteiger partial charge in [-0.2, -0.15) is 0 Å². The Kier molecular flexibility index (Phi) is 4.69. The highest BCUT2D eigenvalue weighted by Gasteiger charge is 2.17. The molecule has 108 valence electrons. The molecular formula is C16H28N2O. The van der Waals surface area contributed by atoms with Crippen molar-refractivity contribution in [3.8, 4) is 0 Å². The summed E-state index contributed by atoms with van der Waals surface area (Å²) in [5.41, 5.74) is 1.40. The number of furan rings is 1. The Labute approximate surface area is 117 Å². The molecule has 1 fully saturated rings. The van der Waals surface area contributed by atoms with E-state index < -0.39 is 0 Å². The lowest BCUT2D eigenvalue weighted by molar-refractivity contribution is 0.165. The fourth-order valence-electron chi connectivity index (χ4n) is 2.62. The van der Waals surface area contributed by atoms with Gasteiger partial charge in [0.1, 0.15) is 5.76 Å². The zero-order chi connectivity index (χ0) is 13.9. The molecule has 0 aromatic carbocycles. The maximum atomic E-state index is 5.69. The van der Waals surface area contributed by atoms with E-state index in [2.05, 4.69) is 44.0 Å². The van der Waals surface area contributed by atoms with Crippen molar-refractivity contribution in [1.29, 1.82) is 0 Å². The summed E-state index contributed by atoms with van der Waals surface area (Å²) in [5.74, 6) is 1.92. The van der Waals surface area contributed by atoms with E-state index >= 15 is 0 Å². The monoisotopic (exact) mass is 264 g/mol. The van der Waals surface area contributed by atoms with Crippen LogP contribution in [-0.2, 0) is 13.1 Å². The second-order valence-corrected chi connectivity index (χ2v) is 7.01. The van der Waals surface area contributed by atoms with E-state index in [1.165, 1.54) is 31.5 Å². The Morgan fingerprint density at radius 3 is 2.89 bits per heavy atom. The highest BCUT2D eigenvalue weighted by atomic mass is 16.3. The van der Waals surface area contributed by atoms with Crippen LogP contribution in [0, 0.1) is 5.92 Å². The van der Waals surface area contributed by atoms with Crippen molar-refractivity contribution >= 4 is 0 Å². The van der Waals surface area contributed by atoms with Gasteiger partial charge in [-0.05, 0) is 52.1 Å². The molecule has 1 saturated heterocycles. The van der Waals surface area contributed by atoms with Crippen LogP contribution in [0.3, 0.4) is 0 Å². The van der Waals surface area contributed by atoms with Crippen LogP contribution in [0.1, 0.15) is 51.9 Å². The molecule has 1 aliphatic heterocycles. The maximum Gasteiger partial charge on any atom is 0.118 e. The van der Waals surface area contributed by atoms with E-state index in [0.29, 0.717) is 0 Å². The van der Waals surface area contributed by atoms with Gasteiger partial charge in [-0.25, -0.2) is 0 Å². The molecule has 2 rings (SSSR count). The van der Waals surface area contributed by atoms with Gasteiger partial charge in [0.05, 0.1) is 12.8 Å². The molecular weight excluding hydrogens is 236 g/mol. The largest absolute Gasteiger partial charge is 0.468 e. The smallest absolute Gasteiger partial charge is 0.118 e. The molecule has 19 heavy (non-hydrogen) atoms. The lowest BCUT2D eigenvalue weighted by Crippen LogP contribution is -2.35. The van der Waals surface area contributed by atoms with Crippen molar-refractivity contribution in [2.24, 2.45) is 5.92 Å². The zero-order valence-electron chi connectivity index (χ0n) is 12.8. The predicted octanol–water partition coefficient (Wildman–Crippen LogP) is 3.40. The van der Waals surface area contributed by atoms with Crippen LogP contribution in [0.15, 0.2) is 16.7 Å². The van der Waals surface area contributed by atoms with Gasteiger partial charge in [0.15, 0.2) is 0 Å². The number of hydrogen-bond donors (Lipinski definition) is 1. The van der Waals surface area contributed by atoms with Crippen LogP contribution in [0.5, 0.6) is 0 Å². The molecule has 1 aliphatic rings. The first-order valence-corrected chi connectivity index (χ1v) is 7.46. The third kappa shape index (κ3) is 5.00. The van der Waals surface area contributed by atoms with Gasteiger partial charge in [-0.1, -0.05) is 6.92 Å². The normalized spacial score (nSPS) is 21.8. The maximum absolute atomic E-state index is 5.69. The molecule has 1 N–H and O–H groups in total. The number of piperidine rings is 1. The summed E-state index contributed by atoms with van der Waals surface area (Å²) >= 11 is 0. The Balaban J connectivity index is 1.83. The second kappa shape index (κ2) is 6.10. The Hall–Kier alpha value is -0.800. The van der Waals surface area contributed by atoms with Crippen molar-refractivity contribution in [3.63, 3.8) is 0 Å². The molecule has 0 radical (unpaired) electrons. The van der Waals surface area contributed by atoms with E-state index in [1.807, 2.05) is 6.26 Å². The van der Waals surface area contributed by atoms with E-state index in [-0.39, 0.29) is 5.54 Å². The second-order valence-electron chi connectivity index (χ2n) is 7.01. The summed E-state index contributed by atoms with van der Waals surface area (Å²) in [4.78, 5) is 2.51. The molecule has 1 aromatic heterocycles. The lowest BCUT2D eigenvalue weighted by Gasteiger charge is -2.29. The summed E-state index contributed by atoms with van der Waals surface area (Å²) in [5, 5.41) is 3.49. The van der Waals surface area contributed by atoms with Crippen molar-refractivity contribution < 1.29 is 4.42 Å². The summed E-state index contributed by atoms with van der Waals surface area (Å²) < 4.78 is 5.69. The van der Waals surface area contributed by atoms with Crippen LogP contribution >= 0.6 is 0 Å². The highest BCUT2D eigenvalue weighted by molar-refractivity contribution is 5.13. The summed E-state index contributed by atoms with van der Waals surface area (Å²) in [7, 11) is 0. The number of rotatable bonds is 4. The third-order valence-corrected chi connectivity index (χ3v) is 3.65. The molecule has 0 aliphatic carbocycles. The van der Waals surface area contributed by atoms with E-state index in [1.54, 1.807) is 0 Å². The zero-order valence-corrected chi connectivity index (χ0v) is 12.8. The Morgan fingerprint density at radius 1 is 1.42 bits per heavy atom. The summed E-state index contributed by atoms with van der Waals surface area (Å²) in [6, 6.07) is 2.19. The van der Waals surface area contributed by atoms with Gasteiger partial charge in [0.25, 0.3) is 0 Å². The van der Waals surface area contributed by atoms with Gasteiger partial charge in [-0.15, -0.1) is 0 Å². The average Bonchev–Trinajstić information content (AvgIpc) is 2.73. The van der Waals surface area contributed by atoms with Gasteiger partial charge < -0.3 is 9.73 Å². The quantitative estimate of drug-likeness (QED) is 0.903. The highest BCUT2D eigenvalue weighted by Crippen LogP contribution is 2.19. The first-order chi connectivity index (χ1) is 8.92. The molecule has 0 bridgehead atoms. The summed E-state index contributed by atoms with van der Waals surface area (Å²) in [6.07, 6.45) is 4.58. The third-order valence-electron chi connectivity index (χ3n) is 3.65. The van der Waals surface area contributed by atoms with Crippen LogP contribution in [-0.4, -0.2) is 23.5 Å². The first-order valence-electron chi connectivity index (χ1n) is 7.46. The molecule has 1 aromatic rings. The van der Waals surface area contributed by atoms with Gasteiger partial charge in [-0.3, -0.25) is 4.90 Å².